The van der Waals surface area contributed by atoms with E-state index in [9.17, 15) is 0 Å². The maximum Gasteiger partial charge on any atom is 0.215 e. The van der Waals surface area contributed by atoms with Crippen LogP contribution < -0.4 is 15.4 Å². The van der Waals surface area contributed by atoms with Gasteiger partial charge in [0.1, 0.15) is 11.3 Å². The van der Waals surface area contributed by atoms with Gasteiger partial charge >= 0.3 is 0 Å². The molecule has 7 heteroatoms. The monoisotopic (exact) mass is 312 g/mol. The smallest absolute Gasteiger partial charge is 0.215 e. The molecule has 0 aliphatic heterocycles. The molecular formula is C16H20N6O. The molecule has 3 aromatic rings. The van der Waals surface area contributed by atoms with E-state index in [1.54, 1.807) is 13.4 Å². The Bertz CT molecular complexity index is 857. The van der Waals surface area contributed by atoms with Crippen LogP contribution in [-0.2, 0) is 13.5 Å². The average molecular weight is 312 g/mol. The minimum atomic E-state index is 0.420. The second kappa shape index (κ2) is 5.75. The molecule has 0 aliphatic rings. The summed E-state index contributed by atoms with van der Waals surface area (Å²) in [6.45, 7) is 2.09. The molecule has 0 bridgehead atoms. The van der Waals surface area contributed by atoms with Crippen molar-refractivity contribution in [3.8, 4) is 5.88 Å². The Kier molecular flexibility index (Phi) is 3.77. The number of rotatable bonds is 4. The number of hydrogen-bond acceptors (Lipinski definition) is 6. The van der Waals surface area contributed by atoms with Crippen LogP contribution in [0.25, 0.3) is 11.0 Å². The van der Waals surface area contributed by atoms with E-state index in [1.165, 1.54) is 0 Å². The summed E-state index contributed by atoms with van der Waals surface area (Å²) in [6.07, 6.45) is 4.43. The number of ether oxygens (including phenoxy) is 1. The van der Waals surface area contributed by atoms with Gasteiger partial charge in [0.2, 0.25) is 5.88 Å². The van der Waals surface area contributed by atoms with Gasteiger partial charge in [0.25, 0.3) is 0 Å². The number of fused-ring (bicyclic) bond motifs is 1. The number of anilines is 3. The molecule has 0 aromatic carbocycles. The molecule has 0 saturated heterocycles. The zero-order valence-electron chi connectivity index (χ0n) is 13.7. The predicted octanol–water partition coefficient (Wildman–Crippen LogP) is 2.28. The molecule has 0 unspecified atom stereocenters. The summed E-state index contributed by atoms with van der Waals surface area (Å²) in [5.41, 5.74) is 9.82. The summed E-state index contributed by atoms with van der Waals surface area (Å²) in [5.74, 6) is 1.74. The molecule has 0 radical (unpaired) electrons. The van der Waals surface area contributed by atoms with Crippen LogP contribution in [0.4, 0.5) is 17.3 Å². The standard InChI is InChI=1S/C16H20N6O/c1-5-10-8-18-14(23-4)7-11(10)22(3)13-6-12-15(16(17)20-13)19-9-21(12)2/h6-9H,5H2,1-4H3,(H2,17,20). The number of nitrogen functional groups attached to an aromatic ring is 1. The molecule has 7 nitrogen and oxygen atoms in total. The number of nitrogens with two attached hydrogens (primary N) is 1. The molecule has 0 spiro atoms. The first-order chi connectivity index (χ1) is 11.0. The first kappa shape index (κ1) is 15.1. The Labute approximate surface area is 134 Å². The summed E-state index contributed by atoms with van der Waals surface area (Å²) in [4.78, 5) is 15.0. The van der Waals surface area contributed by atoms with Crippen LogP contribution in [0.15, 0.2) is 24.7 Å². The number of methoxy groups -OCH3 is 1. The molecule has 0 amide bonds. The third kappa shape index (κ3) is 2.54. The van der Waals surface area contributed by atoms with Gasteiger partial charge < -0.3 is 19.9 Å². The van der Waals surface area contributed by atoms with E-state index < -0.39 is 0 Å². The van der Waals surface area contributed by atoms with E-state index in [0.717, 1.165) is 29.0 Å². The first-order valence-electron chi connectivity index (χ1n) is 7.39. The van der Waals surface area contributed by atoms with Gasteiger partial charge in [-0.05, 0) is 12.0 Å². The predicted molar refractivity (Wildman–Crippen MR) is 91.2 cm³/mol. The van der Waals surface area contributed by atoms with Crippen molar-refractivity contribution in [3.63, 3.8) is 0 Å². The molecule has 3 rings (SSSR count). The van der Waals surface area contributed by atoms with E-state index >= 15 is 0 Å². The minimum absolute atomic E-state index is 0.420. The second-order valence-electron chi connectivity index (χ2n) is 5.36. The quantitative estimate of drug-likeness (QED) is 0.796. The summed E-state index contributed by atoms with van der Waals surface area (Å²) >= 11 is 0. The molecule has 0 atom stereocenters. The largest absolute Gasteiger partial charge is 0.481 e. The SMILES string of the molecule is CCc1cnc(OC)cc1N(C)c1cc2c(ncn2C)c(N)n1. The lowest BCUT2D eigenvalue weighted by Gasteiger charge is -2.22. The van der Waals surface area contributed by atoms with Crippen LogP contribution in [0.5, 0.6) is 5.88 Å². The van der Waals surface area contributed by atoms with Gasteiger partial charge in [0.05, 0.1) is 24.6 Å². The third-order valence-corrected chi connectivity index (χ3v) is 3.96. The van der Waals surface area contributed by atoms with E-state index in [2.05, 4.69) is 21.9 Å². The van der Waals surface area contributed by atoms with Crippen LogP contribution in [0.2, 0.25) is 0 Å². The van der Waals surface area contributed by atoms with Crippen molar-refractivity contribution in [3.05, 3.63) is 30.2 Å². The van der Waals surface area contributed by atoms with Crippen molar-refractivity contribution in [2.45, 2.75) is 13.3 Å². The number of aryl methyl sites for hydroxylation is 2. The Morgan fingerprint density at radius 2 is 2.09 bits per heavy atom. The molecule has 0 aliphatic carbocycles. The molecule has 0 saturated carbocycles. The van der Waals surface area contributed by atoms with Crippen molar-refractivity contribution < 1.29 is 4.74 Å². The van der Waals surface area contributed by atoms with Gasteiger partial charge in [-0.15, -0.1) is 0 Å². The average Bonchev–Trinajstić information content (AvgIpc) is 2.95. The van der Waals surface area contributed by atoms with Crippen molar-refractivity contribution >= 4 is 28.4 Å². The highest BCUT2D eigenvalue weighted by molar-refractivity contribution is 5.88. The van der Waals surface area contributed by atoms with Gasteiger partial charge in [-0.25, -0.2) is 15.0 Å². The zero-order valence-corrected chi connectivity index (χ0v) is 13.7. The third-order valence-electron chi connectivity index (χ3n) is 3.96. The minimum Gasteiger partial charge on any atom is -0.481 e. The fraction of sp³-hybridized carbons (Fsp3) is 0.312. The van der Waals surface area contributed by atoms with Crippen LogP contribution in [-0.4, -0.2) is 33.7 Å². The number of nitrogens with zero attached hydrogens (tertiary/aromatic N) is 5. The highest BCUT2D eigenvalue weighted by atomic mass is 16.5. The van der Waals surface area contributed by atoms with E-state index in [-0.39, 0.29) is 0 Å². The van der Waals surface area contributed by atoms with Crippen molar-refractivity contribution in [1.29, 1.82) is 0 Å². The normalized spacial score (nSPS) is 11.0. The number of aromatic nitrogens is 4. The van der Waals surface area contributed by atoms with Crippen LogP contribution in [0.1, 0.15) is 12.5 Å². The molecule has 3 heterocycles. The van der Waals surface area contributed by atoms with Gasteiger partial charge in [-0.2, -0.15) is 0 Å². The fourth-order valence-corrected chi connectivity index (χ4v) is 2.58. The highest BCUT2D eigenvalue weighted by Gasteiger charge is 2.15. The lowest BCUT2D eigenvalue weighted by atomic mass is 10.1. The molecule has 3 aromatic heterocycles. The van der Waals surface area contributed by atoms with Crippen LogP contribution >= 0.6 is 0 Å². The lowest BCUT2D eigenvalue weighted by molar-refractivity contribution is 0.398. The van der Waals surface area contributed by atoms with Crippen molar-refractivity contribution in [2.75, 3.05) is 24.8 Å². The fourth-order valence-electron chi connectivity index (χ4n) is 2.58. The van der Waals surface area contributed by atoms with Crippen molar-refractivity contribution in [2.24, 2.45) is 7.05 Å². The highest BCUT2D eigenvalue weighted by Crippen LogP contribution is 2.31. The molecule has 120 valence electrons. The molecule has 0 fully saturated rings. The van der Waals surface area contributed by atoms with Gasteiger partial charge in [-0.1, -0.05) is 6.92 Å². The van der Waals surface area contributed by atoms with Crippen LogP contribution in [0, 0.1) is 0 Å². The molecular weight excluding hydrogens is 292 g/mol. The summed E-state index contributed by atoms with van der Waals surface area (Å²) in [6, 6.07) is 3.88. The summed E-state index contributed by atoms with van der Waals surface area (Å²) < 4.78 is 7.17. The van der Waals surface area contributed by atoms with Gasteiger partial charge in [0, 0.05) is 32.4 Å². The molecule has 23 heavy (non-hydrogen) atoms. The number of pyridine rings is 2. The van der Waals surface area contributed by atoms with E-state index in [0.29, 0.717) is 17.2 Å². The van der Waals surface area contributed by atoms with Crippen LogP contribution in [0.3, 0.4) is 0 Å². The summed E-state index contributed by atoms with van der Waals surface area (Å²) in [7, 11) is 5.50. The van der Waals surface area contributed by atoms with E-state index in [1.807, 2.05) is 41.9 Å². The van der Waals surface area contributed by atoms with Crippen molar-refractivity contribution in [1.82, 2.24) is 19.5 Å². The number of imidazole rings is 1. The van der Waals surface area contributed by atoms with E-state index in [4.69, 9.17) is 10.5 Å². The molecule has 2 N–H and O–H groups in total. The Morgan fingerprint density at radius 1 is 1.30 bits per heavy atom. The maximum atomic E-state index is 6.06. The Morgan fingerprint density at radius 3 is 2.78 bits per heavy atom. The second-order valence-corrected chi connectivity index (χ2v) is 5.36. The Balaban J connectivity index is 2.13. The maximum absolute atomic E-state index is 6.06. The first-order valence-corrected chi connectivity index (χ1v) is 7.39. The topological polar surface area (TPSA) is 82.1 Å². The zero-order chi connectivity index (χ0) is 16.6. The Hall–Kier alpha value is -2.83. The summed E-state index contributed by atoms with van der Waals surface area (Å²) in [5, 5.41) is 0. The van der Waals surface area contributed by atoms with Gasteiger partial charge in [-0.3, -0.25) is 0 Å². The lowest BCUT2D eigenvalue weighted by Crippen LogP contribution is -2.14. The van der Waals surface area contributed by atoms with Gasteiger partial charge in [0.15, 0.2) is 5.82 Å². The number of hydrogen-bond donors (Lipinski definition) is 1.